The van der Waals surface area contributed by atoms with Crippen molar-refractivity contribution in [3.05, 3.63) is 84.2 Å². The fraction of sp³-hybridized carbons (Fsp3) is 0.345. The summed E-state index contributed by atoms with van der Waals surface area (Å²) in [6, 6.07) is 20.2. The summed E-state index contributed by atoms with van der Waals surface area (Å²) in [5, 5.41) is 2.87. The molecule has 0 bridgehead atoms. The topological polar surface area (TPSA) is 100 Å². The standard InChI is InChI=1S/C29H35FN4O5S/c1-38-20-19-34(29(35)31-24-7-5-23(30)6-8-24)26-15-17-33(18-16-26)21-22-3-11-27(12-4-22)39-28-13-9-25(10-14-28)32-40(2,36)37/h3-14,26,32H,15-21H2,1-2H3,(H,31,35). The van der Waals surface area contributed by atoms with Crippen molar-refractivity contribution in [3.8, 4) is 11.5 Å². The third kappa shape index (κ3) is 8.94. The van der Waals surface area contributed by atoms with E-state index >= 15 is 0 Å². The molecule has 1 fully saturated rings. The van der Waals surface area contributed by atoms with E-state index in [-0.39, 0.29) is 17.9 Å². The van der Waals surface area contributed by atoms with Gasteiger partial charge >= 0.3 is 6.03 Å². The molecule has 1 heterocycles. The molecule has 3 aromatic rings. The molecule has 40 heavy (non-hydrogen) atoms. The quantitative estimate of drug-likeness (QED) is 0.331. The maximum Gasteiger partial charge on any atom is 0.322 e. The number of likely N-dealkylation sites (tertiary alicyclic amines) is 1. The minimum absolute atomic E-state index is 0.0849. The van der Waals surface area contributed by atoms with Crippen molar-refractivity contribution in [3.63, 3.8) is 0 Å². The fourth-order valence-corrected chi connectivity index (χ4v) is 5.18. The van der Waals surface area contributed by atoms with Crippen molar-refractivity contribution >= 4 is 27.4 Å². The highest BCUT2D eigenvalue weighted by atomic mass is 32.2. The van der Waals surface area contributed by atoms with Gasteiger partial charge in [-0.1, -0.05) is 12.1 Å². The Bertz CT molecular complexity index is 1340. The Balaban J connectivity index is 1.27. The number of piperidine rings is 1. The summed E-state index contributed by atoms with van der Waals surface area (Å²) < 4.78 is 49.5. The van der Waals surface area contributed by atoms with Gasteiger partial charge in [-0.2, -0.15) is 0 Å². The van der Waals surface area contributed by atoms with Gasteiger partial charge in [-0.05, 0) is 79.1 Å². The molecule has 0 unspecified atom stereocenters. The molecule has 0 aromatic heterocycles. The number of ether oxygens (including phenoxy) is 2. The number of hydrogen-bond acceptors (Lipinski definition) is 6. The van der Waals surface area contributed by atoms with E-state index in [2.05, 4.69) is 14.9 Å². The lowest BCUT2D eigenvalue weighted by Crippen LogP contribution is -2.49. The molecule has 2 N–H and O–H groups in total. The minimum atomic E-state index is -3.32. The molecule has 4 rings (SSSR count). The number of halogens is 1. The fourth-order valence-electron chi connectivity index (χ4n) is 4.62. The molecule has 1 saturated heterocycles. The van der Waals surface area contributed by atoms with Gasteiger partial charge in [0.25, 0.3) is 0 Å². The number of nitrogens with one attached hydrogen (secondary N) is 2. The number of nitrogens with zero attached hydrogens (tertiary/aromatic N) is 2. The minimum Gasteiger partial charge on any atom is -0.457 e. The number of amides is 2. The number of hydrogen-bond donors (Lipinski definition) is 2. The smallest absolute Gasteiger partial charge is 0.322 e. The number of sulfonamides is 1. The summed E-state index contributed by atoms with van der Waals surface area (Å²) in [6.45, 7) is 3.41. The molecule has 1 aliphatic heterocycles. The molecule has 0 atom stereocenters. The lowest BCUT2D eigenvalue weighted by molar-refractivity contribution is 0.0984. The van der Waals surface area contributed by atoms with Crippen LogP contribution in [0, 0.1) is 5.82 Å². The first-order valence-electron chi connectivity index (χ1n) is 13.1. The van der Waals surface area contributed by atoms with Gasteiger partial charge in [0.1, 0.15) is 17.3 Å². The summed E-state index contributed by atoms with van der Waals surface area (Å²) in [4.78, 5) is 17.2. The number of methoxy groups -OCH3 is 1. The van der Waals surface area contributed by atoms with E-state index < -0.39 is 10.0 Å². The second-order valence-electron chi connectivity index (χ2n) is 9.78. The number of rotatable bonds is 11. The first-order valence-corrected chi connectivity index (χ1v) is 15.0. The van der Waals surface area contributed by atoms with Crippen LogP contribution >= 0.6 is 0 Å². The molecule has 214 valence electrons. The molecule has 9 nitrogen and oxygen atoms in total. The Labute approximate surface area is 234 Å². The van der Waals surface area contributed by atoms with Crippen molar-refractivity contribution in [1.82, 2.24) is 9.80 Å². The molecule has 0 radical (unpaired) electrons. The van der Waals surface area contributed by atoms with Gasteiger partial charge in [0, 0.05) is 50.7 Å². The zero-order valence-electron chi connectivity index (χ0n) is 22.7. The monoisotopic (exact) mass is 570 g/mol. The highest BCUT2D eigenvalue weighted by Crippen LogP contribution is 2.25. The lowest BCUT2D eigenvalue weighted by Gasteiger charge is -2.38. The first kappa shape index (κ1) is 29.3. The van der Waals surface area contributed by atoms with Crippen LogP contribution in [0.2, 0.25) is 0 Å². The van der Waals surface area contributed by atoms with E-state index in [0.717, 1.165) is 44.3 Å². The van der Waals surface area contributed by atoms with Crippen LogP contribution in [0.3, 0.4) is 0 Å². The Kier molecular flexibility index (Phi) is 9.97. The zero-order valence-corrected chi connectivity index (χ0v) is 23.5. The number of urea groups is 1. The summed E-state index contributed by atoms with van der Waals surface area (Å²) in [6.07, 6.45) is 2.78. The summed E-state index contributed by atoms with van der Waals surface area (Å²) in [5.41, 5.74) is 2.19. The van der Waals surface area contributed by atoms with Crippen LogP contribution in [0.5, 0.6) is 11.5 Å². The molecule has 0 saturated carbocycles. The van der Waals surface area contributed by atoms with E-state index in [4.69, 9.17) is 9.47 Å². The van der Waals surface area contributed by atoms with Crippen LogP contribution in [-0.4, -0.2) is 69.9 Å². The predicted molar refractivity (Wildman–Crippen MR) is 154 cm³/mol. The van der Waals surface area contributed by atoms with Gasteiger partial charge in [0.15, 0.2) is 0 Å². The maximum absolute atomic E-state index is 13.2. The van der Waals surface area contributed by atoms with Crippen LogP contribution in [0.1, 0.15) is 18.4 Å². The summed E-state index contributed by atoms with van der Waals surface area (Å²) in [7, 11) is -1.71. The summed E-state index contributed by atoms with van der Waals surface area (Å²) in [5.74, 6) is 0.947. The molecule has 1 aliphatic rings. The van der Waals surface area contributed by atoms with Crippen LogP contribution in [0.15, 0.2) is 72.8 Å². The van der Waals surface area contributed by atoms with E-state index in [9.17, 15) is 17.6 Å². The number of carbonyl (C=O) groups is 1. The first-order chi connectivity index (χ1) is 19.2. The van der Waals surface area contributed by atoms with Gasteiger partial charge in [-0.25, -0.2) is 17.6 Å². The van der Waals surface area contributed by atoms with Crippen molar-refractivity contribution in [2.24, 2.45) is 0 Å². The molecule has 3 aromatic carbocycles. The predicted octanol–water partition coefficient (Wildman–Crippen LogP) is 5.13. The molecule has 2 amide bonds. The number of anilines is 2. The zero-order chi connectivity index (χ0) is 28.5. The van der Waals surface area contributed by atoms with Gasteiger partial charge in [0.2, 0.25) is 10.0 Å². The Morgan fingerprint density at radius 1 is 0.950 bits per heavy atom. The van der Waals surface area contributed by atoms with Crippen LogP contribution in [0.4, 0.5) is 20.6 Å². The van der Waals surface area contributed by atoms with Crippen LogP contribution in [0.25, 0.3) is 0 Å². The molecule has 11 heteroatoms. The van der Waals surface area contributed by atoms with Gasteiger partial charge in [0.05, 0.1) is 12.9 Å². The molecule has 0 aliphatic carbocycles. The van der Waals surface area contributed by atoms with E-state index in [0.29, 0.717) is 36.0 Å². The van der Waals surface area contributed by atoms with E-state index in [1.165, 1.54) is 12.1 Å². The largest absolute Gasteiger partial charge is 0.457 e. The average molecular weight is 571 g/mol. The Hall–Kier alpha value is -3.67. The number of carbonyl (C=O) groups excluding carboxylic acids is 1. The summed E-state index contributed by atoms with van der Waals surface area (Å²) >= 11 is 0. The normalized spacial score (nSPS) is 14.5. The number of benzene rings is 3. The average Bonchev–Trinajstić information content (AvgIpc) is 2.92. The van der Waals surface area contributed by atoms with Gasteiger partial charge in [-0.3, -0.25) is 9.62 Å². The van der Waals surface area contributed by atoms with Crippen molar-refractivity contribution in [2.75, 3.05) is 49.6 Å². The van der Waals surface area contributed by atoms with Crippen molar-refractivity contribution in [2.45, 2.75) is 25.4 Å². The molecule has 0 spiro atoms. The Morgan fingerprint density at radius 2 is 1.52 bits per heavy atom. The third-order valence-electron chi connectivity index (χ3n) is 6.61. The molecular weight excluding hydrogens is 535 g/mol. The SMILES string of the molecule is COCCN(C(=O)Nc1ccc(F)cc1)C1CCN(Cc2ccc(Oc3ccc(NS(C)(=O)=O)cc3)cc2)CC1. The van der Waals surface area contributed by atoms with Crippen LogP contribution < -0.4 is 14.8 Å². The second-order valence-corrected chi connectivity index (χ2v) is 11.5. The Morgan fingerprint density at radius 3 is 2.10 bits per heavy atom. The highest BCUT2D eigenvalue weighted by Gasteiger charge is 2.28. The van der Waals surface area contributed by atoms with Crippen LogP contribution in [-0.2, 0) is 21.3 Å². The van der Waals surface area contributed by atoms with E-state index in [1.807, 2.05) is 29.2 Å². The van der Waals surface area contributed by atoms with Crippen molar-refractivity contribution in [1.29, 1.82) is 0 Å². The molecular formula is C29H35FN4O5S. The highest BCUT2D eigenvalue weighted by molar-refractivity contribution is 7.92. The maximum atomic E-state index is 13.2. The van der Waals surface area contributed by atoms with Gasteiger partial charge < -0.3 is 19.7 Å². The van der Waals surface area contributed by atoms with Crippen molar-refractivity contribution < 1.29 is 27.1 Å². The van der Waals surface area contributed by atoms with Gasteiger partial charge in [-0.15, -0.1) is 0 Å². The van der Waals surface area contributed by atoms with E-state index in [1.54, 1.807) is 43.5 Å². The second kappa shape index (κ2) is 13.6. The lowest BCUT2D eigenvalue weighted by atomic mass is 10.0. The third-order valence-corrected chi connectivity index (χ3v) is 7.22.